The van der Waals surface area contributed by atoms with Crippen LogP contribution in [0.1, 0.15) is 45.6 Å². The fourth-order valence-electron chi connectivity index (χ4n) is 1.98. The fourth-order valence-corrected chi connectivity index (χ4v) is 4.08. The summed E-state index contributed by atoms with van der Waals surface area (Å²) in [6, 6.07) is 8.87. The first kappa shape index (κ1) is 14.4. The molecule has 0 aliphatic carbocycles. The Labute approximate surface area is 108 Å². The van der Waals surface area contributed by atoms with Crippen molar-refractivity contribution >= 4 is 14.3 Å². The summed E-state index contributed by atoms with van der Waals surface area (Å²) < 4.78 is 0. The van der Waals surface area contributed by atoms with Crippen molar-refractivity contribution in [1.29, 1.82) is 0 Å². The van der Waals surface area contributed by atoms with Crippen molar-refractivity contribution in [2.75, 3.05) is 13.1 Å². The first-order valence-corrected chi connectivity index (χ1v) is 8.18. The van der Waals surface area contributed by atoms with Gasteiger partial charge in [-0.1, -0.05) is 52.0 Å². The van der Waals surface area contributed by atoms with Gasteiger partial charge in [-0.05, 0) is 36.2 Å². The maximum Gasteiger partial charge on any atom is 0.261 e. The minimum absolute atomic E-state index is 0.642. The van der Waals surface area contributed by atoms with Crippen LogP contribution in [0.2, 0.25) is 0 Å². The Balaban J connectivity index is 2.99. The Kier molecular flexibility index (Phi) is 6.48. The lowest BCUT2D eigenvalue weighted by Crippen LogP contribution is -2.57. The summed E-state index contributed by atoms with van der Waals surface area (Å²) in [4.78, 5) is 7.22. The second kappa shape index (κ2) is 7.64. The summed E-state index contributed by atoms with van der Waals surface area (Å²) >= 11 is 0. The summed E-state index contributed by atoms with van der Waals surface area (Å²) in [5.74, 6) is 0.642. The molecule has 0 aromatic heterocycles. The maximum absolute atomic E-state index is 3.61. The molecule has 3 heteroatoms. The molecular weight excluding hydrogens is 224 g/mol. The van der Waals surface area contributed by atoms with Crippen LogP contribution in [-0.2, 0) is 0 Å². The van der Waals surface area contributed by atoms with E-state index in [0.29, 0.717) is 5.92 Å². The highest BCUT2D eigenvalue weighted by atomic mass is 28.3. The van der Waals surface area contributed by atoms with Gasteiger partial charge in [-0.2, -0.15) is 0 Å². The van der Waals surface area contributed by atoms with Crippen molar-refractivity contribution in [2.45, 2.75) is 40.0 Å². The van der Waals surface area contributed by atoms with Gasteiger partial charge in [0.25, 0.3) is 9.12 Å². The Hall–Kier alpha value is -0.643. The standard InChI is InChI=1S/C14H25N2Si/c1-5-12(4)13-10-8-9-11-14(13)17(15-6-2)16-7-3/h8-12,15-16H,5-7H2,1-4H3. The lowest BCUT2D eigenvalue weighted by atomic mass is 9.99. The van der Waals surface area contributed by atoms with Gasteiger partial charge < -0.3 is 9.96 Å². The van der Waals surface area contributed by atoms with E-state index in [1.165, 1.54) is 17.2 Å². The predicted molar refractivity (Wildman–Crippen MR) is 77.9 cm³/mol. The Morgan fingerprint density at radius 1 is 1.06 bits per heavy atom. The highest BCUT2D eigenvalue weighted by molar-refractivity contribution is 6.69. The zero-order valence-electron chi connectivity index (χ0n) is 11.5. The fraction of sp³-hybridized carbons (Fsp3) is 0.571. The minimum atomic E-state index is -0.808. The van der Waals surface area contributed by atoms with Gasteiger partial charge in [-0.15, -0.1) is 0 Å². The molecule has 95 valence electrons. The molecule has 0 spiro atoms. The highest BCUT2D eigenvalue weighted by Gasteiger charge is 2.18. The molecule has 0 fully saturated rings. The van der Waals surface area contributed by atoms with Crippen molar-refractivity contribution in [3.8, 4) is 0 Å². The maximum atomic E-state index is 3.61. The lowest BCUT2D eigenvalue weighted by molar-refractivity contribution is 0.736. The van der Waals surface area contributed by atoms with E-state index in [1.54, 1.807) is 0 Å². The average molecular weight is 249 g/mol. The Morgan fingerprint density at radius 3 is 2.18 bits per heavy atom. The second-order valence-corrected chi connectivity index (χ2v) is 6.33. The molecule has 1 radical (unpaired) electrons. The zero-order valence-corrected chi connectivity index (χ0v) is 12.5. The van der Waals surface area contributed by atoms with Crippen LogP contribution in [0.3, 0.4) is 0 Å². The molecule has 1 rings (SSSR count). The van der Waals surface area contributed by atoms with E-state index in [9.17, 15) is 0 Å². The van der Waals surface area contributed by atoms with Crippen LogP contribution >= 0.6 is 0 Å². The quantitative estimate of drug-likeness (QED) is 0.723. The third-order valence-electron chi connectivity index (χ3n) is 3.08. The second-order valence-electron chi connectivity index (χ2n) is 4.33. The van der Waals surface area contributed by atoms with Gasteiger partial charge >= 0.3 is 0 Å². The van der Waals surface area contributed by atoms with Crippen LogP contribution in [-0.4, -0.2) is 22.2 Å². The third kappa shape index (κ3) is 3.94. The molecule has 1 aromatic rings. The van der Waals surface area contributed by atoms with Crippen LogP contribution in [0.5, 0.6) is 0 Å². The molecule has 0 amide bonds. The molecule has 0 bridgehead atoms. The molecule has 2 nitrogen and oxygen atoms in total. The van der Waals surface area contributed by atoms with Gasteiger partial charge in [0.1, 0.15) is 0 Å². The predicted octanol–water partition coefficient (Wildman–Crippen LogP) is 2.11. The highest BCUT2D eigenvalue weighted by Crippen LogP contribution is 2.16. The van der Waals surface area contributed by atoms with E-state index in [0.717, 1.165) is 13.1 Å². The van der Waals surface area contributed by atoms with E-state index in [2.05, 4.69) is 61.9 Å². The number of benzene rings is 1. The van der Waals surface area contributed by atoms with Gasteiger partial charge in [0.15, 0.2) is 0 Å². The van der Waals surface area contributed by atoms with Crippen molar-refractivity contribution in [2.24, 2.45) is 0 Å². The smallest absolute Gasteiger partial charge is 0.261 e. The molecular formula is C14H25N2Si. The van der Waals surface area contributed by atoms with E-state index in [1.807, 2.05) is 0 Å². The molecule has 0 saturated heterocycles. The van der Waals surface area contributed by atoms with E-state index in [4.69, 9.17) is 0 Å². The van der Waals surface area contributed by atoms with Crippen LogP contribution in [0.25, 0.3) is 0 Å². The SMILES string of the molecule is CCN[Si](NCC)c1ccccc1C(C)CC. The summed E-state index contributed by atoms with van der Waals surface area (Å²) in [6.07, 6.45) is 1.20. The van der Waals surface area contributed by atoms with Crippen molar-refractivity contribution in [3.63, 3.8) is 0 Å². The monoisotopic (exact) mass is 249 g/mol. The topological polar surface area (TPSA) is 24.1 Å². The molecule has 0 aliphatic rings. The molecule has 1 atom stereocenters. The summed E-state index contributed by atoms with van der Waals surface area (Å²) in [6.45, 7) is 11.0. The summed E-state index contributed by atoms with van der Waals surface area (Å²) in [5, 5.41) is 1.50. The van der Waals surface area contributed by atoms with Crippen molar-refractivity contribution in [1.82, 2.24) is 9.96 Å². The number of nitrogens with one attached hydrogen (secondary N) is 2. The van der Waals surface area contributed by atoms with E-state index < -0.39 is 9.12 Å². The van der Waals surface area contributed by atoms with Crippen LogP contribution in [0, 0.1) is 0 Å². The van der Waals surface area contributed by atoms with Gasteiger partial charge in [-0.25, -0.2) is 0 Å². The van der Waals surface area contributed by atoms with E-state index in [-0.39, 0.29) is 0 Å². The normalized spacial score (nSPS) is 13.0. The third-order valence-corrected chi connectivity index (χ3v) is 5.49. The van der Waals surface area contributed by atoms with Gasteiger partial charge in [0.2, 0.25) is 0 Å². The van der Waals surface area contributed by atoms with Gasteiger partial charge in [0.05, 0.1) is 0 Å². The van der Waals surface area contributed by atoms with Crippen LogP contribution in [0.15, 0.2) is 24.3 Å². The molecule has 0 aliphatic heterocycles. The molecule has 0 heterocycles. The first-order valence-electron chi connectivity index (χ1n) is 6.68. The van der Waals surface area contributed by atoms with Crippen LogP contribution < -0.4 is 15.2 Å². The average Bonchev–Trinajstić information content (AvgIpc) is 2.37. The molecule has 1 aromatic carbocycles. The van der Waals surface area contributed by atoms with E-state index >= 15 is 0 Å². The molecule has 0 saturated carbocycles. The summed E-state index contributed by atoms with van der Waals surface area (Å²) in [5.41, 5.74) is 1.51. The number of hydrogen-bond donors (Lipinski definition) is 2. The summed E-state index contributed by atoms with van der Waals surface area (Å²) in [7, 11) is -0.808. The Bertz CT molecular complexity index is 322. The molecule has 17 heavy (non-hydrogen) atoms. The number of hydrogen-bond acceptors (Lipinski definition) is 2. The molecule has 1 unspecified atom stereocenters. The Morgan fingerprint density at radius 2 is 1.65 bits per heavy atom. The lowest BCUT2D eigenvalue weighted by Gasteiger charge is -2.21. The largest absolute Gasteiger partial charge is 0.322 e. The minimum Gasteiger partial charge on any atom is -0.322 e. The van der Waals surface area contributed by atoms with Gasteiger partial charge in [0, 0.05) is 0 Å². The number of rotatable bonds is 7. The first-order chi connectivity index (χ1) is 8.24. The zero-order chi connectivity index (χ0) is 12.7. The van der Waals surface area contributed by atoms with Crippen molar-refractivity contribution < 1.29 is 0 Å². The van der Waals surface area contributed by atoms with Crippen LogP contribution in [0.4, 0.5) is 0 Å². The van der Waals surface area contributed by atoms with Gasteiger partial charge in [-0.3, -0.25) is 0 Å². The van der Waals surface area contributed by atoms with Crippen molar-refractivity contribution in [3.05, 3.63) is 29.8 Å². The molecule has 2 N–H and O–H groups in total.